The third-order valence-corrected chi connectivity index (χ3v) is 2.86. The number of ether oxygens (including phenoxy) is 1. The van der Waals surface area contributed by atoms with Crippen LogP contribution in [0.15, 0.2) is 30.6 Å². The van der Waals surface area contributed by atoms with Crippen LogP contribution in [0.1, 0.15) is 11.1 Å². The summed E-state index contributed by atoms with van der Waals surface area (Å²) in [7, 11) is 1.56. The van der Waals surface area contributed by atoms with Crippen molar-refractivity contribution in [1.82, 2.24) is 9.97 Å². The lowest BCUT2D eigenvalue weighted by Crippen LogP contribution is -2.03. The van der Waals surface area contributed by atoms with Gasteiger partial charge in [-0.3, -0.25) is 0 Å². The van der Waals surface area contributed by atoms with Crippen LogP contribution in [0.5, 0.6) is 5.88 Å². The van der Waals surface area contributed by atoms with Gasteiger partial charge in [-0.15, -0.1) is 0 Å². The molecule has 0 radical (unpaired) electrons. The highest BCUT2D eigenvalue weighted by molar-refractivity contribution is 6.34. The lowest BCUT2D eigenvalue weighted by atomic mass is 10.2. The maximum absolute atomic E-state index is 8.88. The molecule has 0 bridgehead atoms. The molecule has 0 atom stereocenters. The number of nitrogens with zero attached hydrogens (tertiary/aromatic N) is 3. The molecule has 0 saturated carbocycles. The van der Waals surface area contributed by atoms with Crippen LogP contribution in [0.25, 0.3) is 0 Å². The summed E-state index contributed by atoms with van der Waals surface area (Å²) in [4.78, 5) is 8.13. The van der Waals surface area contributed by atoms with E-state index in [1.165, 1.54) is 0 Å². The summed E-state index contributed by atoms with van der Waals surface area (Å²) in [6.07, 6.45) is 3.20. The molecule has 2 rings (SSSR count). The maximum atomic E-state index is 8.88. The van der Waals surface area contributed by atoms with Crippen molar-refractivity contribution in [2.24, 2.45) is 0 Å². The average molecular weight is 275 g/mol. The molecule has 5 nitrogen and oxygen atoms in total. The van der Waals surface area contributed by atoms with E-state index in [9.17, 15) is 0 Å². The maximum Gasteiger partial charge on any atom is 0.213 e. The Balaban J connectivity index is 2.12. The van der Waals surface area contributed by atoms with Gasteiger partial charge in [0.15, 0.2) is 0 Å². The Bertz CT molecular complexity index is 624. The molecule has 0 saturated heterocycles. The first-order valence-electron chi connectivity index (χ1n) is 5.52. The molecular formula is C13H11ClN4O. The van der Waals surface area contributed by atoms with E-state index in [1.54, 1.807) is 25.6 Å². The van der Waals surface area contributed by atoms with Crippen molar-refractivity contribution in [3.8, 4) is 11.9 Å². The second kappa shape index (κ2) is 6.03. The van der Waals surface area contributed by atoms with Crippen molar-refractivity contribution in [3.05, 3.63) is 46.7 Å². The molecule has 2 aromatic rings. The highest BCUT2D eigenvalue weighted by Gasteiger charge is 2.06. The molecule has 2 heterocycles. The van der Waals surface area contributed by atoms with Gasteiger partial charge in [-0.05, 0) is 17.7 Å². The van der Waals surface area contributed by atoms with E-state index in [2.05, 4.69) is 15.3 Å². The van der Waals surface area contributed by atoms with Crippen LogP contribution in [0.4, 0.5) is 5.82 Å². The van der Waals surface area contributed by atoms with Gasteiger partial charge in [0.1, 0.15) is 16.9 Å². The van der Waals surface area contributed by atoms with Crippen molar-refractivity contribution in [2.75, 3.05) is 12.4 Å². The van der Waals surface area contributed by atoms with Crippen LogP contribution in [0, 0.1) is 11.3 Å². The molecule has 96 valence electrons. The van der Waals surface area contributed by atoms with E-state index in [4.69, 9.17) is 21.6 Å². The fourth-order valence-corrected chi connectivity index (χ4v) is 1.73. The fourth-order valence-electron chi connectivity index (χ4n) is 1.51. The number of hydrogen-bond donors (Lipinski definition) is 1. The summed E-state index contributed by atoms with van der Waals surface area (Å²) < 4.78 is 5.04. The van der Waals surface area contributed by atoms with Gasteiger partial charge in [0.25, 0.3) is 0 Å². The van der Waals surface area contributed by atoms with Crippen molar-refractivity contribution < 1.29 is 4.74 Å². The summed E-state index contributed by atoms with van der Waals surface area (Å²) in [5, 5.41) is 12.3. The molecule has 0 amide bonds. The highest BCUT2D eigenvalue weighted by Crippen LogP contribution is 2.23. The minimum Gasteiger partial charge on any atom is -0.481 e. The van der Waals surface area contributed by atoms with Gasteiger partial charge in [0.05, 0.1) is 12.7 Å². The van der Waals surface area contributed by atoms with Crippen LogP contribution < -0.4 is 10.1 Å². The van der Waals surface area contributed by atoms with E-state index in [0.29, 0.717) is 28.8 Å². The Morgan fingerprint density at radius 1 is 1.37 bits per heavy atom. The van der Waals surface area contributed by atoms with Crippen molar-refractivity contribution >= 4 is 17.4 Å². The Morgan fingerprint density at radius 3 is 2.89 bits per heavy atom. The van der Waals surface area contributed by atoms with Crippen LogP contribution in [0.2, 0.25) is 5.02 Å². The second-order valence-electron chi connectivity index (χ2n) is 3.69. The predicted octanol–water partition coefficient (Wildman–Crippen LogP) is 2.62. The third kappa shape index (κ3) is 3.12. The quantitative estimate of drug-likeness (QED) is 0.928. The van der Waals surface area contributed by atoms with Crippen LogP contribution in [-0.2, 0) is 6.54 Å². The van der Waals surface area contributed by atoms with Crippen LogP contribution in [0.3, 0.4) is 0 Å². The van der Waals surface area contributed by atoms with Gasteiger partial charge in [0.2, 0.25) is 5.88 Å². The zero-order chi connectivity index (χ0) is 13.7. The molecule has 1 N–H and O–H groups in total. The standard InChI is InChI=1S/C13H11ClN4O/c1-19-11-6-9(2-4-16-11)8-18-13-12(14)10(7-15)3-5-17-13/h2-6H,8H2,1H3,(H,17,18). The van der Waals surface area contributed by atoms with E-state index in [1.807, 2.05) is 18.2 Å². The number of pyridine rings is 2. The van der Waals surface area contributed by atoms with Crippen molar-refractivity contribution in [1.29, 1.82) is 5.26 Å². The number of anilines is 1. The monoisotopic (exact) mass is 274 g/mol. The Hall–Kier alpha value is -2.32. The largest absolute Gasteiger partial charge is 0.481 e. The van der Waals surface area contributed by atoms with E-state index < -0.39 is 0 Å². The molecule has 0 unspecified atom stereocenters. The van der Waals surface area contributed by atoms with E-state index >= 15 is 0 Å². The first-order valence-corrected chi connectivity index (χ1v) is 5.90. The number of nitriles is 1. The molecule has 2 aromatic heterocycles. The lowest BCUT2D eigenvalue weighted by Gasteiger charge is -2.08. The van der Waals surface area contributed by atoms with Crippen LogP contribution >= 0.6 is 11.6 Å². The molecule has 6 heteroatoms. The Kier molecular flexibility index (Phi) is 4.16. The number of halogens is 1. The molecule has 0 aromatic carbocycles. The van der Waals surface area contributed by atoms with Gasteiger partial charge >= 0.3 is 0 Å². The number of nitrogens with one attached hydrogen (secondary N) is 1. The zero-order valence-corrected chi connectivity index (χ0v) is 11.0. The molecule has 0 fully saturated rings. The van der Waals surface area contributed by atoms with Crippen molar-refractivity contribution in [3.63, 3.8) is 0 Å². The summed E-state index contributed by atoms with van der Waals surface area (Å²) in [5.41, 5.74) is 1.37. The third-order valence-electron chi connectivity index (χ3n) is 2.48. The minimum absolute atomic E-state index is 0.325. The van der Waals surface area contributed by atoms with Gasteiger partial charge < -0.3 is 10.1 Å². The zero-order valence-electron chi connectivity index (χ0n) is 10.2. The first-order chi connectivity index (χ1) is 9.24. The van der Waals surface area contributed by atoms with Gasteiger partial charge in [-0.25, -0.2) is 9.97 Å². The molecule has 0 aliphatic heterocycles. The van der Waals surface area contributed by atoms with E-state index in [0.717, 1.165) is 5.56 Å². The number of aromatic nitrogens is 2. The minimum atomic E-state index is 0.325. The average Bonchev–Trinajstić information content (AvgIpc) is 2.46. The van der Waals surface area contributed by atoms with E-state index in [-0.39, 0.29) is 0 Å². The molecular weight excluding hydrogens is 264 g/mol. The SMILES string of the molecule is COc1cc(CNc2nccc(C#N)c2Cl)ccn1. The normalized spacial score (nSPS) is 9.74. The Labute approximate surface area is 115 Å². The van der Waals surface area contributed by atoms with Crippen LogP contribution in [-0.4, -0.2) is 17.1 Å². The Morgan fingerprint density at radius 2 is 2.16 bits per heavy atom. The highest BCUT2D eigenvalue weighted by atomic mass is 35.5. The lowest BCUT2D eigenvalue weighted by molar-refractivity contribution is 0.397. The van der Waals surface area contributed by atoms with Gasteiger partial charge in [0, 0.05) is 25.0 Å². The molecule has 19 heavy (non-hydrogen) atoms. The number of methoxy groups -OCH3 is 1. The summed E-state index contributed by atoms with van der Waals surface area (Å²) in [5.74, 6) is 1.03. The number of rotatable bonds is 4. The summed E-state index contributed by atoms with van der Waals surface area (Å²) in [6, 6.07) is 7.26. The summed E-state index contributed by atoms with van der Waals surface area (Å²) >= 11 is 6.05. The second-order valence-corrected chi connectivity index (χ2v) is 4.07. The predicted molar refractivity (Wildman–Crippen MR) is 72.1 cm³/mol. The molecule has 0 spiro atoms. The molecule has 0 aliphatic carbocycles. The van der Waals surface area contributed by atoms with Gasteiger partial charge in [-0.2, -0.15) is 5.26 Å². The smallest absolute Gasteiger partial charge is 0.213 e. The van der Waals surface area contributed by atoms with Crippen molar-refractivity contribution in [2.45, 2.75) is 6.54 Å². The van der Waals surface area contributed by atoms with Gasteiger partial charge in [-0.1, -0.05) is 11.6 Å². The summed E-state index contributed by atoms with van der Waals surface area (Å²) in [6.45, 7) is 0.514. The topological polar surface area (TPSA) is 70.8 Å². The fraction of sp³-hybridized carbons (Fsp3) is 0.154. The molecule has 0 aliphatic rings. The number of hydrogen-bond acceptors (Lipinski definition) is 5. The first kappa shape index (κ1) is 13.1.